The number of nitrogens with one attached hydrogen (secondary N) is 1. The van der Waals surface area contributed by atoms with Gasteiger partial charge in [0.15, 0.2) is 0 Å². The monoisotopic (exact) mass is 211 g/mol. The number of carbonyl (C=O) groups is 1. The maximum atomic E-state index is 11.9. The highest BCUT2D eigenvalue weighted by atomic mass is 16.1. The number of amides is 1. The quantitative estimate of drug-likeness (QED) is 0.760. The lowest BCUT2D eigenvalue weighted by Gasteiger charge is -2.23. The summed E-state index contributed by atoms with van der Waals surface area (Å²) in [6, 6.07) is 0.333. The maximum Gasteiger partial charge on any atom is 0.223 e. The van der Waals surface area contributed by atoms with Crippen molar-refractivity contribution in [3.8, 4) is 0 Å². The number of rotatable bonds is 4. The van der Waals surface area contributed by atoms with Crippen molar-refractivity contribution in [2.45, 2.75) is 65.3 Å². The van der Waals surface area contributed by atoms with Crippen LogP contribution < -0.4 is 5.32 Å². The molecule has 0 heterocycles. The van der Waals surface area contributed by atoms with Gasteiger partial charge in [0.05, 0.1) is 0 Å². The first-order chi connectivity index (χ1) is 7.09. The van der Waals surface area contributed by atoms with E-state index < -0.39 is 0 Å². The second-order valence-electron chi connectivity index (χ2n) is 5.37. The van der Waals surface area contributed by atoms with E-state index in [4.69, 9.17) is 0 Å². The summed E-state index contributed by atoms with van der Waals surface area (Å²) < 4.78 is 0. The summed E-state index contributed by atoms with van der Waals surface area (Å²) in [5, 5.41) is 3.14. The average Bonchev–Trinajstić information content (AvgIpc) is 2.17. The third-order valence-electron chi connectivity index (χ3n) is 3.19. The van der Waals surface area contributed by atoms with E-state index in [1.165, 1.54) is 19.3 Å². The summed E-state index contributed by atoms with van der Waals surface area (Å²) in [6.07, 6.45) is 7.05. The fourth-order valence-electron chi connectivity index (χ4n) is 2.49. The molecule has 0 bridgehead atoms. The van der Waals surface area contributed by atoms with Crippen LogP contribution in [0.25, 0.3) is 0 Å². The molecule has 1 rings (SSSR count). The second-order valence-corrected chi connectivity index (χ2v) is 5.37. The predicted molar refractivity (Wildman–Crippen MR) is 63.6 cm³/mol. The van der Waals surface area contributed by atoms with E-state index in [0.717, 1.165) is 19.3 Å². The molecule has 1 atom stereocenters. The predicted octanol–water partition coefficient (Wildman–Crippen LogP) is 3.12. The van der Waals surface area contributed by atoms with Crippen molar-refractivity contribution in [1.82, 2.24) is 5.32 Å². The highest BCUT2D eigenvalue weighted by Crippen LogP contribution is 2.23. The first-order valence-electron chi connectivity index (χ1n) is 6.40. The van der Waals surface area contributed by atoms with Crippen LogP contribution in [-0.4, -0.2) is 11.9 Å². The molecule has 2 heteroatoms. The van der Waals surface area contributed by atoms with Gasteiger partial charge in [0.25, 0.3) is 0 Å². The van der Waals surface area contributed by atoms with Gasteiger partial charge in [0.2, 0.25) is 5.91 Å². The Morgan fingerprint density at radius 2 is 1.80 bits per heavy atom. The Kier molecular flexibility index (Phi) is 5.13. The van der Waals surface area contributed by atoms with E-state index in [1.54, 1.807) is 0 Å². The average molecular weight is 211 g/mol. The molecule has 1 aliphatic carbocycles. The highest BCUT2D eigenvalue weighted by Gasteiger charge is 2.22. The minimum absolute atomic E-state index is 0.294. The van der Waals surface area contributed by atoms with Gasteiger partial charge in [0, 0.05) is 12.0 Å². The largest absolute Gasteiger partial charge is 0.353 e. The van der Waals surface area contributed by atoms with Crippen LogP contribution >= 0.6 is 0 Å². The van der Waals surface area contributed by atoms with Gasteiger partial charge in [-0.25, -0.2) is 0 Å². The molecular formula is C13H25NO. The van der Waals surface area contributed by atoms with Crippen LogP contribution in [0, 0.1) is 11.8 Å². The molecule has 0 saturated heterocycles. The van der Waals surface area contributed by atoms with Crippen molar-refractivity contribution in [2.75, 3.05) is 0 Å². The molecule has 0 aromatic carbocycles. The molecule has 1 N–H and O–H groups in total. The topological polar surface area (TPSA) is 29.1 Å². The summed E-state index contributed by atoms with van der Waals surface area (Å²) in [4.78, 5) is 11.9. The van der Waals surface area contributed by atoms with E-state index in [2.05, 4.69) is 26.1 Å². The van der Waals surface area contributed by atoms with Crippen LogP contribution in [0.2, 0.25) is 0 Å². The molecule has 2 nitrogen and oxygen atoms in total. The van der Waals surface area contributed by atoms with Crippen LogP contribution in [0.3, 0.4) is 0 Å². The summed E-state index contributed by atoms with van der Waals surface area (Å²) >= 11 is 0. The van der Waals surface area contributed by atoms with Gasteiger partial charge >= 0.3 is 0 Å². The van der Waals surface area contributed by atoms with Crippen molar-refractivity contribution in [3.63, 3.8) is 0 Å². The molecule has 1 aliphatic rings. The van der Waals surface area contributed by atoms with Crippen LogP contribution in [-0.2, 0) is 4.79 Å². The molecule has 88 valence electrons. The Morgan fingerprint density at radius 3 is 2.33 bits per heavy atom. The molecule has 0 spiro atoms. The molecule has 0 radical (unpaired) electrons. The zero-order valence-electron chi connectivity index (χ0n) is 10.4. The van der Waals surface area contributed by atoms with Gasteiger partial charge in [-0.05, 0) is 32.1 Å². The van der Waals surface area contributed by atoms with Crippen molar-refractivity contribution in [1.29, 1.82) is 0 Å². The van der Waals surface area contributed by atoms with Gasteiger partial charge in [0.1, 0.15) is 0 Å². The molecule has 15 heavy (non-hydrogen) atoms. The summed E-state index contributed by atoms with van der Waals surface area (Å²) in [6.45, 7) is 6.51. The molecule has 0 aliphatic heterocycles. The van der Waals surface area contributed by atoms with E-state index >= 15 is 0 Å². The number of hydrogen-bond donors (Lipinski definition) is 1. The summed E-state index contributed by atoms with van der Waals surface area (Å²) in [5.74, 6) is 1.25. The lowest BCUT2D eigenvalue weighted by molar-refractivity contribution is -0.126. The van der Waals surface area contributed by atoms with Crippen molar-refractivity contribution >= 4 is 5.91 Å². The van der Waals surface area contributed by atoms with Crippen LogP contribution in [0.5, 0.6) is 0 Å². The molecular weight excluding hydrogens is 186 g/mol. The lowest BCUT2D eigenvalue weighted by atomic mass is 9.88. The van der Waals surface area contributed by atoms with Gasteiger partial charge in [-0.2, -0.15) is 0 Å². The number of hydrogen-bond acceptors (Lipinski definition) is 1. The lowest BCUT2D eigenvalue weighted by Crippen LogP contribution is -2.38. The fourth-order valence-corrected chi connectivity index (χ4v) is 2.49. The Hall–Kier alpha value is -0.530. The number of carbonyl (C=O) groups excluding carboxylic acids is 1. The summed E-state index contributed by atoms with van der Waals surface area (Å²) in [7, 11) is 0. The maximum absolute atomic E-state index is 11.9. The van der Waals surface area contributed by atoms with Crippen LogP contribution in [0.15, 0.2) is 0 Å². The Labute approximate surface area is 93.8 Å². The van der Waals surface area contributed by atoms with Crippen molar-refractivity contribution in [2.24, 2.45) is 11.8 Å². The van der Waals surface area contributed by atoms with E-state index in [0.29, 0.717) is 23.8 Å². The second kappa shape index (κ2) is 6.14. The molecule has 1 saturated carbocycles. The van der Waals surface area contributed by atoms with Crippen molar-refractivity contribution in [3.05, 3.63) is 0 Å². The van der Waals surface area contributed by atoms with Gasteiger partial charge in [-0.15, -0.1) is 0 Å². The standard InChI is InChI=1S/C13H25NO/c1-10(2)9-11(3)14-13(15)12-7-5-4-6-8-12/h10-12H,4-9H2,1-3H3,(H,14,15). The summed E-state index contributed by atoms with van der Waals surface area (Å²) in [5.41, 5.74) is 0. The van der Waals surface area contributed by atoms with Crippen molar-refractivity contribution < 1.29 is 4.79 Å². The third kappa shape index (κ3) is 4.67. The molecule has 1 amide bonds. The minimum atomic E-state index is 0.294. The SMILES string of the molecule is CC(C)CC(C)NC(=O)C1CCCCC1. The van der Waals surface area contributed by atoms with Gasteiger partial charge in [-0.3, -0.25) is 4.79 Å². The Balaban J connectivity index is 2.27. The van der Waals surface area contributed by atoms with E-state index in [1.807, 2.05) is 0 Å². The fraction of sp³-hybridized carbons (Fsp3) is 0.923. The van der Waals surface area contributed by atoms with Crippen LogP contribution in [0.1, 0.15) is 59.3 Å². The highest BCUT2D eigenvalue weighted by molar-refractivity contribution is 5.78. The Bertz CT molecular complexity index is 195. The molecule has 1 fully saturated rings. The zero-order chi connectivity index (χ0) is 11.3. The van der Waals surface area contributed by atoms with Gasteiger partial charge < -0.3 is 5.32 Å². The minimum Gasteiger partial charge on any atom is -0.353 e. The first kappa shape index (κ1) is 12.5. The molecule has 0 aromatic rings. The third-order valence-corrected chi connectivity index (χ3v) is 3.19. The molecule has 1 unspecified atom stereocenters. The zero-order valence-corrected chi connectivity index (χ0v) is 10.4. The molecule has 0 aromatic heterocycles. The van der Waals surface area contributed by atoms with Crippen LogP contribution in [0.4, 0.5) is 0 Å². The van der Waals surface area contributed by atoms with Gasteiger partial charge in [-0.1, -0.05) is 33.1 Å². The Morgan fingerprint density at radius 1 is 1.20 bits per heavy atom. The first-order valence-corrected chi connectivity index (χ1v) is 6.40. The smallest absolute Gasteiger partial charge is 0.223 e. The van der Waals surface area contributed by atoms with E-state index in [9.17, 15) is 4.79 Å². The van der Waals surface area contributed by atoms with E-state index in [-0.39, 0.29) is 0 Å². The normalized spacial score (nSPS) is 20.3.